The van der Waals surface area contributed by atoms with Gasteiger partial charge in [0, 0.05) is 56.4 Å². The average Bonchev–Trinajstić information content (AvgIpc) is 3.06. The zero-order valence-corrected chi connectivity index (χ0v) is 16.9. The van der Waals surface area contributed by atoms with Gasteiger partial charge >= 0.3 is 0 Å². The van der Waals surface area contributed by atoms with Crippen LogP contribution in [0.25, 0.3) is 0 Å². The van der Waals surface area contributed by atoms with Gasteiger partial charge in [-0.2, -0.15) is 0 Å². The molecule has 152 valence electrons. The molecule has 6 rings (SSSR count). The first-order valence-electron chi connectivity index (χ1n) is 11.2. The van der Waals surface area contributed by atoms with E-state index in [2.05, 4.69) is 11.8 Å². The van der Waals surface area contributed by atoms with Crippen molar-refractivity contribution in [2.24, 2.45) is 40.9 Å². The van der Waals surface area contributed by atoms with E-state index in [4.69, 9.17) is 9.47 Å². The van der Waals surface area contributed by atoms with Gasteiger partial charge in [0.2, 0.25) is 0 Å². The highest BCUT2D eigenvalue weighted by molar-refractivity contribution is 5.31. The molecule has 7 bridgehead atoms. The van der Waals surface area contributed by atoms with E-state index < -0.39 is 11.7 Å². The van der Waals surface area contributed by atoms with Crippen molar-refractivity contribution in [3.05, 3.63) is 0 Å². The first kappa shape index (κ1) is 17.6. The van der Waals surface area contributed by atoms with Gasteiger partial charge in [0.25, 0.3) is 0 Å². The van der Waals surface area contributed by atoms with Crippen LogP contribution in [-0.4, -0.2) is 72.4 Å². The van der Waals surface area contributed by atoms with E-state index >= 15 is 0 Å². The number of fused-ring (bicyclic) bond motifs is 2. The average molecular weight is 378 g/mol. The molecule has 12 atom stereocenters. The molecular weight excluding hydrogens is 342 g/mol. The van der Waals surface area contributed by atoms with Gasteiger partial charge in [0.15, 0.2) is 0 Å². The highest BCUT2D eigenvalue weighted by Gasteiger charge is 2.81. The number of aliphatic hydroxyl groups excluding tert-OH is 1. The summed E-state index contributed by atoms with van der Waals surface area (Å²) in [6, 6.07) is 0.404. The lowest BCUT2D eigenvalue weighted by molar-refractivity contribution is -0.259. The van der Waals surface area contributed by atoms with Gasteiger partial charge < -0.3 is 19.7 Å². The van der Waals surface area contributed by atoms with Gasteiger partial charge in [-0.3, -0.25) is 4.90 Å². The molecule has 0 aromatic rings. The van der Waals surface area contributed by atoms with Crippen molar-refractivity contribution in [3.63, 3.8) is 0 Å². The molecule has 5 heteroatoms. The lowest BCUT2D eigenvalue weighted by Crippen LogP contribution is -2.74. The third kappa shape index (κ3) is 1.73. The SMILES string of the molecule is CCN1C[C@@H]2CCC(OC)C34[C@@H]2CC([C@H]13)[C@@]1(O)C[C@H](OC)[C@H]2C[C@@H]4[C@@H]1[C@H]2O. The number of methoxy groups -OCH3 is 2. The molecule has 6 fully saturated rings. The van der Waals surface area contributed by atoms with Crippen molar-refractivity contribution in [1.29, 1.82) is 0 Å². The quantitative estimate of drug-likeness (QED) is 0.781. The van der Waals surface area contributed by atoms with E-state index in [1.165, 1.54) is 13.0 Å². The van der Waals surface area contributed by atoms with E-state index in [1.807, 2.05) is 7.11 Å². The molecule has 2 N–H and O–H groups in total. The minimum Gasteiger partial charge on any atom is -0.392 e. The fraction of sp³-hybridized carbons (Fsp3) is 1.00. The third-order valence-corrected chi connectivity index (χ3v) is 10.5. The van der Waals surface area contributed by atoms with E-state index in [1.54, 1.807) is 7.11 Å². The van der Waals surface area contributed by atoms with Gasteiger partial charge in [-0.05, 0) is 50.0 Å². The molecule has 5 saturated carbocycles. The second-order valence-electron chi connectivity index (χ2n) is 10.5. The summed E-state index contributed by atoms with van der Waals surface area (Å²) in [5, 5.41) is 23.5. The molecule has 1 saturated heterocycles. The first-order chi connectivity index (χ1) is 13.0. The van der Waals surface area contributed by atoms with Crippen LogP contribution in [0.1, 0.15) is 39.0 Å². The molecule has 1 spiro atoms. The molecule has 1 heterocycles. The van der Waals surface area contributed by atoms with Gasteiger partial charge in [-0.15, -0.1) is 0 Å². The molecule has 0 aromatic carbocycles. The van der Waals surface area contributed by atoms with Crippen molar-refractivity contribution >= 4 is 0 Å². The summed E-state index contributed by atoms with van der Waals surface area (Å²) in [6.45, 7) is 4.52. The van der Waals surface area contributed by atoms with E-state index in [9.17, 15) is 10.2 Å². The largest absolute Gasteiger partial charge is 0.392 e. The number of piperidine rings is 1. The summed E-state index contributed by atoms with van der Waals surface area (Å²) in [7, 11) is 3.65. The van der Waals surface area contributed by atoms with Crippen molar-refractivity contribution in [1.82, 2.24) is 4.90 Å². The number of ether oxygens (including phenoxy) is 2. The highest BCUT2D eigenvalue weighted by Crippen LogP contribution is 2.77. The van der Waals surface area contributed by atoms with Gasteiger partial charge in [-0.25, -0.2) is 0 Å². The Balaban J connectivity index is 1.57. The molecule has 1 aliphatic heterocycles. The summed E-state index contributed by atoms with van der Waals surface area (Å²) in [4.78, 5) is 2.69. The van der Waals surface area contributed by atoms with Crippen LogP contribution in [-0.2, 0) is 9.47 Å². The molecule has 0 aromatic heterocycles. The number of hydrogen-bond acceptors (Lipinski definition) is 5. The van der Waals surface area contributed by atoms with Crippen LogP contribution in [0.15, 0.2) is 0 Å². The monoisotopic (exact) mass is 377 g/mol. The Hall–Kier alpha value is -0.200. The predicted octanol–water partition coefficient (Wildman–Crippen LogP) is 1.51. The molecule has 3 unspecified atom stereocenters. The second kappa shape index (κ2) is 5.48. The molecule has 0 radical (unpaired) electrons. The maximum Gasteiger partial charge on any atom is 0.0771 e. The van der Waals surface area contributed by atoms with Crippen LogP contribution < -0.4 is 0 Å². The standard InChI is InChI=1S/C22H35NO4/c1-4-23-10-11-5-6-17(27-3)22-13(11)8-15(20(22)23)21(25)9-16(26-2)12-7-14(22)18(21)19(12)24/h11-20,24-25H,4-10H2,1-3H3/t11-,12+,13+,14+,15?,16-,17?,18+,19-,20-,21-,22?/m0/s1. The molecule has 5 aliphatic carbocycles. The van der Waals surface area contributed by atoms with Crippen molar-refractivity contribution in [2.75, 3.05) is 27.3 Å². The maximum absolute atomic E-state index is 12.2. The number of likely N-dealkylation sites (tertiary alicyclic amines) is 1. The second-order valence-corrected chi connectivity index (χ2v) is 10.5. The minimum atomic E-state index is -0.786. The van der Waals surface area contributed by atoms with E-state index in [0.717, 1.165) is 31.7 Å². The lowest BCUT2D eigenvalue weighted by atomic mass is 9.46. The zero-order chi connectivity index (χ0) is 18.7. The Bertz CT molecular complexity index is 644. The van der Waals surface area contributed by atoms with Gasteiger partial charge in [0.1, 0.15) is 0 Å². The normalized spacial score (nSPS) is 63.4. The third-order valence-electron chi connectivity index (χ3n) is 10.5. The smallest absolute Gasteiger partial charge is 0.0771 e. The number of nitrogens with zero attached hydrogens (tertiary/aromatic N) is 1. The molecular formula is C22H35NO4. The predicted molar refractivity (Wildman–Crippen MR) is 100 cm³/mol. The van der Waals surface area contributed by atoms with E-state index in [-0.39, 0.29) is 35.4 Å². The fourth-order valence-electron chi connectivity index (χ4n) is 9.96. The zero-order valence-electron chi connectivity index (χ0n) is 16.9. The molecule has 27 heavy (non-hydrogen) atoms. The number of aliphatic hydroxyl groups is 2. The van der Waals surface area contributed by atoms with Crippen LogP contribution in [0.5, 0.6) is 0 Å². The molecule has 6 aliphatic rings. The van der Waals surface area contributed by atoms with E-state index in [0.29, 0.717) is 24.3 Å². The fourth-order valence-corrected chi connectivity index (χ4v) is 9.96. The van der Waals surface area contributed by atoms with Crippen molar-refractivity contribution in [3.8, 4) is 0 Å². The lowest BCUT2D eigenvalue weighted by Gasteiger charge is -2.67. The van der Waals surface area contributed by atoms with Crippen LogP contribution in [0, 0.1) is 40.9 Å². The number of rotatable bonds is 3. The number of hydrogen-bond donors (Lipinski definition) is 2. The summed E-state index contributed by atoms with van der Waals surface area (Å²) in [6.07, 6.45) is 5.04. The van der Waals surface area contributed by atoms with Crippen LogP contribution in [0.2, 0.25) is 0 Å². The Labute approximate surface area is 162 Å². The maximum atomic E-state index is 12.2. The van der Waals surface area contributed by atoms with Crippen molar-refractivity contribution in [2.45, 2.75) is 69.0 Å². The Morgan fingerprint density at radius 1 is 1.07 bits per heavy atom. The summed E-state index contributed by atoms with van der Waals surface area (Å²) in [5.74, 6) is 2.17. The van der Waals surface area contributed by atoms with Gasteiger partial charge in [0.05, 0.1) is 23.9 Å². The molecule has 5 nitrogen and oxygen atoms in total. The Morgan fingerprint density at radius 2 is 1.89 bits per heavy atom. The summed E-state index contributed by atoms with van der Waals surface area (Å²) >= 11 is 0. The minimum absolute atomic E-state index is 0.00774. The Morgan fingerprint density at radius 3 is 2.59 bits per heavy atom. The van der Waals surface area contributed by atoms with Crippen LogP contribution in [0.4, 0.5) is 0 Å². The Kier molecular flexibility index (Phi) is 3.58. The topological polar surface area (TPSA) is 62.2 Å². The first-order valence-corrected chi connectivity index (χ1v) is 11.2. The molecule has 0 amide bonds. The highest BCUT2D eigenvalue weighted by atomic mass is 16.5. The summed E-state index contributed by atoms with van der Waals surface area (Å²) < 4.78 is 12.1. The van der Waals surface area contributed by atoms with Crippen LogP contribution >= 0.6 is 0 Å². The van der Waals surface area contributed by atoms with Gasteiger partial charge in [-0.1, -0.05) is 6.92 Å². The van der Waals surface area contributed by atoms with Crippen molar-refractivity contribution < 1.29 is 19.7 Å². The van der Waals surface area contributed by atoms with Crippen LogP contribution in [0.3, 0.4) is 0 Å². The summed E-state index contributed by atoms with van der Waals surface area (Å²) in [5.41, 5.74) is -0.669.